The average Bonchev–Trinajstić information content (AvgIpc) is 3.22. The van der Waals surface area contributed by atoms with Crippen molar-refractivity contribution >= 4 is 40.2 Å². The molecule has 178 valence electrons. The minimum absolute atomic E-state index is 0.234. The van der Waals surface area contributed by atoms with Crippen LogP contribution in [0.15, 0.2) is 24.4 Å². The maximum absolute atomic E-state index is 9.65. The van der Waals surface area contributed by atoms with E-state index in [1.54, 1.807) is 23.0 Å². The Morgan fingerprint density at radius 1 is 1.15 bits per heavy atom. The second kappa shape index (κ2) is 9.69. The fraction of sp³-hybridized carbons (Fsp3) is 0.520. The van der Waals surface area contributed by atoms with Gasteiger partial charge in [0.05, 0.1) is 12.2 Å². The number of hydrogen-bond donors (Lipinski definition) is 0. The highest BCUT2D eigenvalue weighted by Gasteiger charge is 2.32. The summed E-state index contributed by atoms with van der Waals surface area (Å²) in [5, 5.41) is 15.3. The van der Waals surface area contributed by atoms with Gasteiger partial charge in [0.1, 0.15) is 17.4 Å². The van der Waals surface area contributed by atoms with E-state index in [0.717, 1.165) is 30.9 Å². The Morgan fingerprint density at radius 2 is 1.94 bits per heavy atom. The van der Waals surface area contributed by atoms with Crippen LogP contribution in [0, 0.1) is 17.2 Å². The first-order valence-electron chi connectivity index (χ1n) is 12.1. The summed E-state index contributed by atoms with van der Waals surface area (Å²) >= 11 is 12.6. The van der Waals surface area contributed by atoms with Crippen LogP contribution in [0.25, 0.3) is 11.2 Å². The zero-order chi connectivity index (χ0) is 23.8. The fourth-order valence-corrected chi connectivity index (χ4v) is 6.07. The monoisotopic (exact) mass is 497 g/mol. The van der Waals surface area contributed by atoms with Crippen molar-refractivity contribution in [1.82, 2.24) is 24.6 Å². The van der Waals surface area contributed by atoms with E-state index in [1.807, 2.05) is 13.0 Å². The Morgan fingerprint density at radius 3 is 2.65 bits per heavy atom. The number of rotatable bonds is 4. The maximum Gasteiger partial charge on any atom is 0.190 e. The maximum atomic E-state index is 9.65. The molecule has 0 aliphatic carbocycles. The van der Waals surface area contributed by atoms with Crippen LogP contribution in [0.4, 0.5) is 5.82 Å². The van der Waals surface area contributed by atoms with E-state index < -0.39 is 0 Å². The normalized spacial score (nSPS) is 22.6. The summed E-state index contributed by atoms with van der Waals surface area (Å²) in [6.07, 6.45) is 6.90. The van der Waals surface area contributed by atoms with Crippen molar-refractivity contribution in [3.8, 4) is 6.07 Å². The average molecular weight is 498 g/mol. The van der Waals surface area contributed by atoms with Gasteiger partial charge in [0.15, 0.2) is 11.3 Å². The first-order valence-corrected chi connectivity index (χ1v) is 12.8. The number of nitrogens with zero attached hydrogens (tertiary/aromatic N) is 7. The van der Waals surface area contributed by atoms with E-state index in [4.69, 9.17) is 28.2 Å². The number of hydrogen-bond acceptors (Lipinski definition) is 6. The fourth-order valence-electron chi connectivity index (χ4n) is 5.50. The molecule has 0 spiro atoms. The predicted molar refractivity (Wildman–Crippen MR) is 136 cm³/mol. The lowest BCUT2D eigenvalue weighted by Gasteiger charge is -2.44. The molecular weight excluding hydrogens is 469 g/mol. The summed E-state index contributed by atoms with van der Waals surface area (Å²) in [6, 6.07) is 7.98. The molecule has 0 radical (unpaired) electrons. The van der Waals surface area contributed by atoms with Gasteiger partial charge in [-0.05, 0) is 62.9 Å². The molecule has 0 saturated carbocycles. The largest absolute Gasteiger partial charge is 0.355 e. The molecule has 34 heavy (non-hydrogen) atoms. The van der Waals surface area contributed by atoms with Gasteiger partial charge in [-0.1, -0.05) is 42.6 Å². The predicted octanol–water partition coefficient (Wildman–Crippen LogP) is 5.31. The van der Waals surface area contributed by atoms with Crippen LogP contribution in [0.3, 0.4) is 0 Å². The van der Waals surface area contributed by atoms with Crippen molar-refractivity contribution in [2.45, 2.75) is 51.6 Å². The quantitative estimate of drug-likeness (QED) is 0.485. The van der Waals surface area contributed by atoms with Crippen LogP contribution in [-0.2, 0) is 0 Å². The van der Waals surface area contributed by atoms with Gasteiger partial charge < -0.3 is 4.90 Å². The van der Waals surface area contributed by atoms with E-state index in [0.29, 0.717) is 33.2 Å². The molecule has 5 rings (SSSR count). The molecular formula is C25H29Cl2N7. The van der Waals surface area contributed by atoms with Gasteiger partial charge in [0, 0.05) is 29.2 Å². The lowest BCUT2D eigenvalue weighted by atomic mass is 9.91. The molecule has 1 unspecified atom stereocenters. The number of nitriles is 1. The smallest absolute Gasteiger partial charge is 0.190 e. The molecule has 2 aliphatic heterocycles. The van der Waals surface area contributed by atoms with Crippen LogP contribution in [0.2, 0.25) is 10.0 Å². The van der Waals surface area contributed by atoms with Crippen LogP contribution in [0.1, 0.15) is 56.8 Å². The highest BCUT2D eigenvalue weighted by Crippen LogP contribution is 2.32. The van der Waals surface area contributed by atoms with E-state index in [2.05, 4.69) is 32.9 Å². The summed E-state index contributed by atoms with van der Waals surface area (Å²) in [7, 11) is 0. The molecule has 9 heteroatoms. The minimum atomic E-state index is -0.234. The summed E-state index contributed by atoms with van der Waals surface area (Å²) < 4.78 is 1.75. The van der Waals surface area contributed by atoms with Crippen molar-refractivity contribution in [3.05, 3.63) is 45.7 Å². The molecule has 0 N–H and O–H groups in total. The van der Waals surface area contributed by atoms with Crippen LogP contribution in [0.5, 0.6) is 0 Å². The summed E-state index contributed by atoms with van der Waals surface area (Å²) in [5.74, 6) is 1.38. The van der Waals surface area contributed by atoms with Gasteiger partial charge in [-0.25, -0.2) is 14.6 Å². The molecule has 2 fully saturated rings. The second-order valence-electron chi connectivity index (χ2n) is 9.52. The van der Waals surface area contributed by atoms with Crippen molar-refractivity contribution in [1.29, 1.82) is 5.26 Å². The standard InChI is InChI=1S/C25H29Cl2N7/c1-16-15-33(11-8-22(16)32-9-4-3-5-10-32)23-14-29-24-21(13-28)31-34(25(24)30-23)17(2)19-7-6-18(26)12-20(19)27/h6-7,12,14,16-17,22H,3-5,8-11,15H2,1-2H3/t16-,17?,22+/m0/s1. The van der Waals surface area contributed by atoms with Crippen LogP contribution in [-0.4, -0.2) is 56.9 Å². The van der Waals surface area contributed by atoms with Crippen molar-refractivity contribution in [2.75, 3.05) is 31.1 Å². The molecule has 3 aromatic rings. The van der Waals surface area contributed by atoms with Crippen molar-refractivity contribution in [3.63, 3.8) is 0 Å². The Balaban J connectivity index is 1.44. The van der Waals surface area contributed by atoms with Gasteiger partial charge in [0.25, 0.3) is 0 Å². The van der Waals surface area contributed by atoms with Crippen LogP contribution >= 0.6 is 23.2 Å². The Hall–Kier alpha value is -2.40. The number of piperidine rings is 2. The highest BCUT2D eigenvalue weighted by molar-refractivity contribution is 6.35. The molecule has 0 amide bonds. The zero-order valence-corrected chi connectivity index (χ0v) is 21.1. The molecule has 2 saturated heterocycles. The summed E-state index contributed by atoms with van der Waals surface area (Å²) in [6.45, 7) is 8.68. The van der Waals surface area contributed by atoms with Gasteiger partial charge >= 0.3 is 0 Å². The SMILES string of the molecule is CC(c1ccc(Cl)cc1Cl)n1nc(C#N)c2ncc(N3CC[C@@H](N4CCCCC4)[C@@H](C)C3)nc21. The molecule has 3 atom stereocenters. The summed E-state index contributed by atoms with van der Waals surface area (Å²) in [5.41, 5.74) is 2.24. The first-order chi connectivity index (χ1) is 16.5. The highest BCUT2D eigenvalue weighted by atomic mass is 35.5. The van der Waals surface area contributed by atoms with Crippen LogP contribution < -0.4 is 4.90 Å². The molecule has 0 bridgehead atoms. The van der Waals surface area contributed by atoms with E-state index in [1.165, 1.54) is 32.4 Å². The Labute approximate surface area is 210 Å². The van der Waals surface area contributed by atoms with Crippen molar-refractivity contribution in [2.24, 2.45) is 5.92 Å². The first kappa shape index (κ1) is 23.3. The Bertz CT molecular complexity index is 1230. The number of aromatic nitrogens is 4. The van der Waals surface area contributed by atoms with E-state index >= 15 is 0 Å². The lowest BCUT2D eigenvalue weighted by Crippen LogP contribution is -2.51. The third-order valence-corrected chi connectivity index (χ3v) is 7.88. The number of benzene rings is 1. The number of halogens is 2. The topological polar surface area (TPSA) is 73.9 Å². The number of fused-ring (bicyclic) bond motifs is 1. The molecule has 1 aromatic carbocycles. The van der Waals surface area contributed by atoms with E-state index in [9.17, 15) is 5.26 Å². The van der Waals surface area contributed by atoms with Crippen molar-refractivity contribution < 1.29 is 0 Å². The minimum Gasteiger partial charge on any atom is -0.355 e. The molecule has 2 aromatic heterocycles. The molecule has 2 aliphatic rings. The lowest BCUT2D eigenvalue weighted by molar-refractivity contribution is 0.106. The molecule has 7 nitrogen and oxygen atoms in total. The molecule has 4 heterocycles. The van der Waals surface area contributed by atoms with Gasteiger partial charge in [0.2, 0.25) is 0 Å². The second-order valence-corrected chi connectivity index (χ2v) is 10.4. The summed E-state index contributed by atoms with van der Waals surface area (Å²) in [4.78, 5) is 14.6. The van der Waals surface area contributed by atoms with Gasteiger partial charge in [-0.3, -0.25) is 4.90 Å². The zero-order valence-electron chi connectivity index (χ0n) is 19.6. The Kier molecular flexibility index (Phi) is 6.65. The third kappa shape index (κ3) is 4.35. The van der Waals surface area contributed by atoms with Gasteiger partial charge in [-0.15, -0.1) is 0 Å². The number of anilines is 1. The van der Waals surface area contributed by atoms with E-state index in [-0.39, 0.29) is 11.7 Å². The third-order valence-electron chi connectivity index (χ3n) is 7.32. The van der Waals surface area contributed by atoms with Gasteiger partial charge in [-0.2, -0.15) is 10.4 Å². The number of likely N-dealkylation sites (tertiary alicyclic amines) is 1.